The van der Waals surface area contributed by atoms with Crippen LogP contribution in [0.15, 0.2) is 340 Å². The zero-order chi connectivity index (χ0) is 72.0. The van der Waals surface area contributed by atoms with Crippen molar-refractivity contribution in [3.63, 3.8) is 0 Å². The van der Waals surface area contributed by atoms with Gasteiger partial charge in [0.1, 0.15) is 0 Å². The summed E-state index contributed by atoms with van der Waals surface area (Å²) < 4.78 is 0. The fraction of sp³-hybridized carbons (Fsp3) is 0.114. The second-order valence-electron chi connectivity index (χ2n) is 30.4. The molecule has 0 aromatic heterocycles. The molecule has 0 bridgehead atoms. The summed E-state index contributed by atoms with van der Waals surface area (Å²) in [4.78, 5) is 4.93. The number of rotatable bonds is 16. The average Bonchev–Trinajstić information content (AvgIpc) is 1.50. The number of anilines is 6. The molecular weight excluding hydrogens is 1300 g/mol. The van der Waals surface area contributed by atoms with Crippen LogP contribution in [0.3, 0.4) is 0 Å². The topological polar surface area (TPSA) is 30.3 Å². The SMILES string of the molecule is Cc1ccc(N(c2ccc(C)cc2)c2ccc3c4c(-c5ccccc5)c5c6cccc7c(N(c8ccccc8)c8ccc(C(CCc9ccc(-c%10c%11ccccc%11c(-c%11cccc%12ccccc%11%12)c%11ccccc%10%11)cc9)CC9(C#N)CCCCC9)cc8)ccc(c5c(-c5ccccc5)c4c4cccc2c43)c76)cc1. The molecule has 1 unspecified atom stereocenters. The van der Waals surface area contributed by atoms with E-state index in [-0.39, 0.29) is 11.3 Å². The summed E-state index contributed by atoms with van der Waals surface area (Å²) in [6.07, 6.45) is 8.02. The fourth-order valence-electron chi connectivity index (χ4n) is 19.1. The van der Waals surface area contributed by atoms with E-state index in [1.165, 1.54) is 170 Å². The van der Waals surface area contributed by atoms with Crippen LogP contribution < -0.4 is 9.80 Å². The lowest BCUT2D eigenvalue weighted by Gasteiger charge is -2.34. The number of aryl methyl sites for hydroxylation is 3. The van der Waals surface area contributed by atoms with Gasteiger partial charge in [0, 0.05) is 33.5 Å². The highest BCUT2D eigenvalue weighted by molar-refractivity contribution is 6.47. The number of benzene rings is 17. The zero-order valence-corrected chi connectivity index (χ0v) is 60.9. The van der Waals surface area contributed by atoms with E-state index in [2.05, 4.69) is 369 Å². The van der Waals surface area contributed by atoms with Crippen molar-refractivity contribution in [1.82, 2.24) is 0 Å². The van der Waals surface area contributed by atoms with Crippen molar-refractivity contribution in [2.45, 2.75) is 71.1 Å². The van der Waals surface area contributed by atoms with Gasteiger partial charge in [-0.25, -0.2) is 0 Å². The van der Waals surface area contributed by atoms with Gasteiger partial charge < -0.3 is 9.80 Å². The van der Waals surface area contributed by atoms with Gasteiger partial charge in [0.05, 0.1) is 22.9 Å². The maximum atomic E-state index is 11.2. The smallest absolute Gasteiger partial charge is 0.0689 e. The number of hydrogen-bond acceptors (Lipinski definition) is 3. The maximum Gasteiger partial charge on any atom is 0.0689 e. The van der Waals surface area contributed by atoms with Gasteiger partial charge in [0.25, 0.3) is 0 Å². The summed E-state index contributed by atoms with van der Waals surface area (Å²) in [6.45, 7) is 4.33. The van der Waals surface area contributed by atoms with E-state index in [0.717, 1.165) is 79.1 Å². The van der Waals surface area contributed by atoms with Crippen molar-refractivity contribution in [3.05, 3.63) is 362 Å². The molecule has 3 heteroatoms. The molecule has 1 fully saturated rings. The molecule has 1 atom stereocenters. The van der Waals surface area contributed by atoms with E-state index in [1.807, 2.05) is 0 Å². The van der Waals surface area contributed by atoms with Gasteiger partial charge >= 0.3 is 0 Å². The fourth-order valence-corrected chi connectivity index (χ4v) is 19.1. The Hall–Kier alpha value is -12.9. The summed E-state index contributed by atoms with van der Waals surface area (Å²) in [5.41, 5.74) is 21.4. The van der Waals surface area contributed by atoms with E-state index in [4.69, 9.17) is 0 Å². The minimum atomic E-state index is -0.350. The Labute approximate surface area is 631 Å². The van der Waals surface area contributed by atoms with Gasteiger partial charge in [-0.15, -0.1) is 0 Å². The van der Waals surface area contributed by atoms with Gasteiger partial charge in [-0.1, -0.05) is 309 Å². The van der Waals surface area contributed by atoms with Crippen LogP contribution in [-0.4, -0.2) is 0 Å². The Morgan fingerprint density at radius 3 is 1.20 bits per heavy atom. The van der Waals surface area contributed by atoms with E-state index in [9.17, 15) is 5.26 Å². The average molecular weight is 1380 g/mol. The summed E-state index contributed by atoms with van der Waals surface area (Å²) in [6, 6.07) is 130. The molecule has 0 aliphatic heterocycles. The van der Waals surface area contributed by atoms with Gasteiger partial charge in [0.2, 0.25) is 0 Å². The lowest BCUT2D eigenvalue weighted by Crippen LogP contribution is -2.25. The molecule has 1 aliphatic rings. The molecule has 1 aliphatic carbocycles. The Kier molecular flexibility index (Phi) is 15.9. The van der Waals surface area contributed by atoms with Crippen molar-refractivity contribution in [2.24, 2.45) is 5.41 Å². The third-order valence-corrected chi connectivity index (χ3v) is 24.1. The minimum absolute atomic E-state index is 0.179. The first-order valence-electron chi connectivity index (χ1n) is 38.6. The van der Waals surface area contributed by atoms with Crippen LogP contribution in [-0.2, 0) is 6.42 Å². The molecule has 0 radical (unpaired) electrons. The van der Waals surface area contributed by atoms with Crippen LogP contribution in [0.1, 0.15) is 73.1 Å². The van der Waals surface area contributed by atoms with Gasteiger partial charge in [-0.3, -0.25) is 0 Å². The number of fused-ring (bicyclic) bond motifs is 9. The van der Waals surface area contributed by atoms with Gasteiger partial charge in [0.15, 0.2) is 0 Å². The van der Waals surface area contributed by atoms with Crippen LogP contribution in [0.4, 0.5) is 34.1 Å². The number of nitriles is 1. The molecule has 3 nitrogen and oxygen atoms in total. The first-order chi connectivity index (χ1) is 53.3. The molecule has 1 saturated carbocycles. The lowest BCUT2D eigenvalue weighted by molar-refractivity contribution is 0.228. The Balaban J connectivity index is 0.709. The zero-order valence-electron chi connectivity index (χ0n) is 60.9. The highest BCUT2D eigenvalue weighted by Gasteiger charge is 2.36. The van der Waals surface area contributed by atoms with Crippen LogP contribution in [0.25, 0.3) is 141 Å². The minimum Gasteiger partial charge on any atom is -0.310 e. The van der Waals surface area contributed by atoms with Crippen LogP contribution in [0.5, 0.6) is 0 Å². The van der Waals surface area contributed by atoms with Crippen molar-refractivity contribution >= 4 is 131 Å². The monoisotopic (exact) mass is 1380 g/mol. The lowest BCUT2D eigenvalue weighted by atomic mass is 9.68. The highest BCUT2D eigenvalue weighted by atomic mass is 15.1. The van der Waals surface area contributed by atoms with Gasteiger partial charge in [-0.2, -0.15) is 5.26 Å². The Morgan fingerprint density at radius 1 is 0.315 bits per heavy atom. The molecule has 19 aromatic rings. The van der Waals surface area contributed by atoms with Gasteiger partial charge in [-0.05, 0) is 254 Å². The van der Waals surface area contributed by atoms with Crippen molar-refractivity contribution in [2.75, 3.05) is 9.80 Å². The van der Waals surface area contributed by atoms with E-state index < -0.39 is 0 Å². The molecule has 19 aromatic carbocycles. The van der Waals surface area contributed by atoms with Crippen molar-refractivity contribution < 1.29 is 0 Å². The van der Waals surface area contributed by atoms with Crippen LogP contribution in [0, 0.1) is 30.6 Å². The summed E-state index contributed by atoms with van der Waals surface area (Å²) in [5.74, 6) is 0.179. The molecular formula is C105H79N3. The first kappa shape index (κ1) is 64.7. The van der Waals surface area contributed by atoms with Crippen molar-refractivity contribution in [3.8, 4) is 50.6 Å². The standard InChI is InChI=1S/C105H79N3/c1-68-42-54-78(55-43-68)108(79-56-44-69(2)45-57-79)94-63-61-92-100-88(94)39-23-41-90(100)102-97(74-27-9-4-10-28-74)103-91-60-62-93(87-38-22-40-89(99(87)91)101(103)96(104(92)102)73-25-7-3-8-26-73)107(77-30-11-5-12-31-77)80-58-52-71(53-59-80)76(66-105(67-106)64-19-6-20-65-105)51-48-70-46-49-75(50-47-70)95-83-33-15-17-35-85(83)98(86-36-18-16-34-84(86)95)82-37-21-29-72-24-13-14-32-81(72)82/h3-5,7-18,21-47,49-50,52-63,76H,6,19-20,48,51,64-66H2,1-2H3. The largest absolute Gasteiger partial charge is 0.310 e. The number of nitrogens with zero attached hydrogens (tertiary/aromatic N) is 3. The Bertz CT molecular complexity index is 6460. The van der Waals surface area contributed by atoms with Crippen molar-refractivity contribution in [1.29, 1.82) is 5.26 Å². The number of para-hydroxylation sites is 1. The summed E-state index contributed by atoms with van der Waals surface area (Å²) >= 11 is 0. The summed E-state index contributed by atoms with van der Waals surface area (Å²) in [7, 11) is 0. The molecule has 108 heavy (non-hydrogen) atoms. The highest BCUT2D eigenvalue weighted by Crippen LogP contribution is 2.59. The molecule has 0 amide bonds. The molecule has 0 N–H and O–H groups in total. The van der Waals surface area contributed by atoms with E-state index in [1.54, 1.807) is 0 Å². The van der Waals surface area contributed by atoms with Crippen LogP contribution in [0.2, 0.25) is 0 Å². The van der Waals surface area contributed by atoms with E-state index >= 15 is 0 Å². The predicted molar refractivity (Wildman–Crippen MR) is 460 cm³/mol. The quantitative estimate of drug-likeness (QED) is 0.0903. The number of hydrogen-bond donors (Lipinski definition) is 0. The van der Waals surface area contributed by atoms with Crippen LogP contribution >= 0.6 is 0 Å². The molecule has 20 rings (SSSR count). The first-order valence-corrected chi connectivity index (χ1v) is 38.6. The third kappa shape index (κ3) is 10.8. The van der Waals surface area contributed by atoms with E-state index in [0.29, 0.717) is 0 Å². The molecule has 0 heterocycles. The molecule has 0 saturated heterocycles. The third-order valence-electron chi connectivity index (χ3n) is 24.1. The second kappa shape index (κ2) is 26.6. The summed E-state index contributed by atoms with van der Waals surface area (Å²) in [5, 5.41) is 33.8. The molecule has 514 valence electrons. The molecule has 0 spiro atoms. The second-order valence-corrected chi connectivity index (χ2v) is 30.4. The maximum absolute atomic E-state index is 11.2. The predicted octanol–water partition coefficient (Wildman–Crippen LogP) is 29.7. The Morgan fingerprint density at radius 2 is 0.704 bits per heavy atom. The normalized spacial score (nSPS) is 13.4.